The maximum absolute atomic E-state index is 3.56. The zero-order valence-electron chi connectivity index (χ0n) is 4.44. The molecule has 0 heterocycles. The summed E-state index contributed by atoms with van der Waals surface area (Å²) in [6, 6.07) is 0. The first-order chi connectivity index (χ1) is 2.81. The summed E-state index contributed by atoms with van der Waals surface area (Å²) in [5.74, 6) is 0. The van der Waals surface area contributed by atoms with Crippen molar-refractivity contribution in [2.24, 2.45) is 0 Å². The SMILES string of the molecule is C=CN(C)CC. The molecule has 0 N–H and O–H groups in total. The number of rotatable bonds is 2. The molecule has 1 heteroatoms. The first kappa shape index (κ1) is 5.54. The maximum atomic E-state index is 3.56. The summed E-state index contributed by atoms with van der Waals surface area (Å²) in [5.41, 5.74) is 0. The molecule has 0 spiro atoms. The molecule has 6 heavy (non-hydrogen) atoms. The van der Waals surface area contributed by atoms with E-state index in [9.17, 15) is 0 Å². The first-order valence-electron chi connectivity index (χ1n) is 2.14. The maximum Gasteiger partial charge on any atom is 0.0140 e. The van der Waals surface area contributed by atoms with Gasteiger partial charge in [0.1, 0.15) is 0 Å². The lowest BCUT2D eigenvalue weighted by Gasteiger charge is -2.06. The Kier molecular flexibility index (Phi) is 2.55. The Balaban J connectivity index is 2.96. The normalized spacial score (nSPS) is 7.67. The summed E-state index contributed by atoms with van der Waals surface area (Å²) in [4.78, 5) is 2.01. The van der Waals surface area contributed by atoms with Gasteiger partial charge in [0.2, 0.25) is 0 Å². The lowest BCUT2D eigenvalue weighted by Crippen LogP contribution is -2.06. The van der Waals surface area contributed by atoms with Crippen molar-refractivity contribution >= 4 is 0 Å². The molecular formula is C5H11N. The Labute approximate surface area is 39.3 Å². The van der Waals surface area contributed by atoms with Crippen LogP contribution in [0.5, 0.6) is 0 Å². The fourth-order valence-electron chi connectivity index (χ4n) is 0.129. The van der Waals surface area contributed by atoms with Gasteiger partial charge in [0.25, 0.3) is 0 Å². The van der Waals surface area contributed by atoms with E-state index in [-0.39, 0.29) is 0 Å². The first-order valence-corrected chi connectivity index (χ1v) is 2.14. The van der Waals surface area contributed by atoms with Crippen LogP contribution in [0.3, 0.4) is 0 Å². The zero-order valence-corrected chi connectivity index (χ0v) is 4.44. The molecule has 0 aliphatic carbocycles. The molecule has 0 unspecified atom stereocenters. The molecule has 0 fully saturated rings. The van der Waals surface area contributed by atoms with Gasteiger partial charge in [-0.05, 0) is 13.1 Å². The molecule has 0 saturated heterocycles. The average Bonchev–Trinajstić information content (AvgIpc) is 1.65. The second-order valence-electron chi connectivity index (χ2n) is 1.26. The van der Waals surface area contributed by atoms with E-state index in [2.05, 4.69) is 13.5 Å². The van der Waals surface area contributed by atoms with Crippen molar-refractivity contribution in [2.45, 2.75) is 6.92 Å². The van der Waals surface area contributed by atoms with Crippen LogP contribution in [-0.2, 0) is 0 Å². The van der Waals surface area contributed by atoms with Gasteiger partial charge in [0.05, 0.1) is 0 Å². The highest BCUT2D eigenvalue weighted by Gasteiger charge is 1.74. The molecule has 0 atom stereocenters. The fraction of sp³-hybridized carbons (Fsp3) is 0.600. The molecule has 1 nitrogen and oxygen atoms in total. The van der Waals surface area contributed by atoms with E-state index in [1.54, 1.807) is 6.20 Å². The third-order valence-corrected chi connectivity index (χ3v) is 0.810. The molecule has 0 aromatic heterocycles. The van der Waals surface area contributed by atoms with Gasteiger partial charge >= 0.3 is 0 Å². The Hall–Kier alpha value is -0.460. The predicted octanol–water partition coefficient (Wildman–Crippen LogP) is 1.08. The van der Waals surface area contributed by atoms with E-state index in [4.69, 9.17) is 0 Å². The van der Waals surface area contributed by atoms with Crippen molar-refractivity contribution in [3.63, 3.8) is 0 Å². The van der Waals surface area contributed by atoms with E-state index in [1.165, 1.54) is 0 Å². The predicted molar refractivity (Wildman–Crippen MR) is 28.5 cm³/mol. The van der Waals surface area contributed by atoms with Crippen molar-refractivity contribution in [2.75, 3.05) is 13.6 Å². The smallest absolute Gasteiger partial charge is 0.0140 e. The van der Waals surface area contributed by atoms with Crippen molar-refractivity contribution in [1.29, 1.82) is 0 Å². The minimum atomic E-state index is 1.05. The Morgan fingerprint density at radius 2 is 2.33 bits per heavy atom. The lowest BCUT2D eigenvalue weighted by atomic mass is 10.7. The van der Waals surface area contributed by atoms with E-state index in [0.717, 1.165) is 6.54 Å². The third-order valence-electron chi connectivity index (χ3n) is 0.810. The van der Waals surface area contributed by atoms with Crippen molar-refractivity contribution in [1.82, 2.24) is 4.90 Å². The van der Waals surface area contributed by atoms with Crippen LogP contribution in [0.4, 0.5) is 0 Å². The van der Waals surface area contributed by atoms with Crippen LogP contribution in [0.1, 0.15) is 6.92 Å². The second-order valence-corrected chi connectivity index (χ2v) is 1.26. The van der Waals surface area contributed by atoms with Gasteiger partial charge in [-0.3, -0.25) is 0 Å². The Bertz CT molecular complexity index is 41.2. The van der Waals surface area contributed by atoms with E-state index in [1.807, 2.05) is 11.9 Å². The summed E-state index contributed by atoms with van der Waals surface area (Å²) in [5, 5.41) is 0. The van der Waals surface area contributed by atoms with Crippen molar-refractivity contribution < 1.29 is 0 Å². The molecular weight excluding hydrogens is 74.1 g/mol. The summed E-state index contributed by atoms with van der Waals surface area (Å²) >= 11 is 0. The molecule has 0 saturated carbocycles. The molecule has 0 bridgehead atoms. The van der Waals surface area contributed by atoms with Crippen LogP contribution in [-0.4, -0.2) is 18.5 Å². The molecule has 0 radical (unpaired) electrons. The Morgan fingerprint density at radius 3 is 2.33 bits per heavy atom. The standard InChI is InChI=1S/C5H11N/c1-4-6(3)5-2/h4H,1,5H2,2-3H3. The fourth-order valence-corrected chi connectivity index (χ4v) is 0.129. The summed E-state index contributed by atoms with van der Waals surface area (Å²) < 4.78 is 0. The molecule has 0 aliphatic rings. The highest BCUT2D eigenvalue weighted by molar-refractivity contribution is 4.62. The molecule has 0 aliphatic heterocycles. The third kappa shape index (κ3) is 1.82. The molecule has 0 rings (SSSR count). The quantitative estimate of drug-likeness (QED) is 0.485. The summed E-state index contributed by atoms with van der Waals surface area (Å²) in [6.45, 7) is 6.69. The van der Waals surface area contributed by atoms with Crippen LogP contribution in [0.15, 0.2) is 12.8 Å². The topological polar surface area (TPSA) is 3.24 Å². The number of hydrogen-bond donors (Lipinski definition) is 0. The van der Waals surface area contributed by atoms with Crippen LogP contribution < -0.4 is 0 Å². The van der Waals surface area contributed by atoms with Crippen LogP contribution in [0.25, 0.3) is 0 Å². The van der Waals surface area contributed by atoms with Gasteiger partial charge in [-0.15, -0.1) is 0 Å². The summed E-state index contributed by atoms with van der Waals surface area (Å²) in [6.07, 6.45) is 1.81. The van der Waals surface area contributed by atoms with Crippen LogP contribution in [0.2, 0.25) is 0 Å². The molecule has 0 amide bonds. The van der Waals surface area contributed by atoms with Crippen molar-refractivity contribution in [3.05, 3.63) is 12.8 Å². The van der Waals surface area contributed by atoms with Gasteiger partial charge < -0.3 is 4.90 Å². The Morgan fingerprint density at radius 1 is 1.83 bits per heavy atom. The number of nitrogens with zero attached hydrogens (tertiary/aromatic N) is 1. The second kappa shape index (κ2) is 2.76. The molecule has 36 valence electrons. The minimum Gasteiger partial charge on any atom is -0.381 e. The average molecular weight is 85.1 g/mol. The van der Waals surface area contributed by atoms with Crippen molar-refractivity contribution in [3.8, 4) is 0 Å². The van der Waals surface area contributed by atoms with Gasteiger partial charge in [-0.1, -0.05) is 6.58 Å². The zero-order chi connectivity index (χ0) is 4.99. The lowest BCUT2D eigenvalue weighted by molar-refractivity contribution is 0.486. The van der Waals surface area contributed by atoms with E-state index in [0.29, 0.717) is 0 Å². The van der Waals surface area contributed by atoms with Gasteiger partial charge in [0.15, 0.2) is 0 Å². The molecule has 0 aromatic rings. The highest BCUT2D eigenvalue weighted by atomic mass is 15.1. The van der Waals surface area contributed by atoms with Gasteiger partial charge in [0, 0.05) is 13.6 Å². The van der Waals surface area contributed by atoms with Gasteiger partial charge in [-0.25, -0.2) is 0 Å². The van der Waals surface area contributed by atoms with Gasteiger partial charge in [-0.2, -0.15) is 0 Å². The number of hydrogen-bond acceptors (Lipinski definition) is 1. The highest BCUT2D eigenvalue weighted by Crippen LogP contribution is 1.74. The summed E-state index contributed by atoms with van der Waals surface area (Å²) in [7, 11) is 1.99. The van der Waals surface area contributed by atoms with Crippen LogP contribution >= 0.6 is 0 Å². The molecule has 0 aromatic carbocycles. The van der Waals surface area contributed by atoms with E-state index < -0.39 is 0 Å². The monoisotopic (exact) mass is 85.1 g/mol. The largest absolute Gasteiger partial charge is 0.381 e. The van der Waals surface area contributed by atoms with E-state index >= 15 is 0 Å². The van der Waals surface area contributed by atoms with Crippen LogP contribution in [0, 0.1) is 0 Å². The minimum absolute atomic E-state index is 1.05.